The van der Waals surface area contributed by atoms with Gasteiger partial charge in [0.2, 0.25) is 0 Å². The molecule has 1 aliphatic rings. The van der Waals surface area contributed by atoms with Crippen LogP contribution in [0.15, 0.2) is 17.0 Å². The van der Waals surface area contributed by atoms with E-state index in [1.165, 1.54) is 7.11 Å². The minimum absolute atomic E-state index is 0.147. The molecule has 21 heavy (non-hydrogen) atoms. The predicted octanol–water partition coefficient (Wildman–Crippen LogP) is 2.52. The summed E-state index contributed by atoms with van der Waals surface area (Å²) in [6.45, 7) is 1.96. The molecule has 112 valence electrons. The summed E-state index contributed by atoms with van der Waals surface area (Å²) in [5.74, 6) is 1.41. The third kappa shape index (κ3) is 2.19. The maximum atomic E-state index is 11.9. The van der Waals surface area contributed by atoms with Crippen molar-refractivity contribution in [3.8, 4) is 0 Å². The second kappa shape index (κ2) is 4.98. The Hall–Kier alpha value is -1.63. The molecule has 1 unspecified atom stereocenters. The Kier molecular flexibility index (Phi) is 3.39. The van der Waals surface area contributed by atoms with E-state index < -0.39 is 5.41 Å². The molecule has 1 fully saturated rings. The molecular formula is C14H17BrN4O2. The quantitative estimate of drug-likeness (QED) is 0.839. The van der Waals surface area contributed by atoms with Gasteiger partial charge in [-0.3, -0.25) is 9.20 Å². The first-order valence-electron chi connectivity index (χ1n) is 6.82. The van der Waals surface area contributed by atoms with Crippen LogP contribution in [0, 0.1) is 5.41 Å². The lowest BCUT2D eigenvalue weighted by molar-refractivity contribution is -0.151. The number of hydrogen-bond acceptors (Lipinski definition) is 5. The number of anilines is 1. The van der Waals surface area contributed by atoms with E-state index in [2.05, 4.69) is 25.9 Å². The van der Waals surface area contributed by atoms with Crippen LogP contribution >= 0.6 is 15.9 Å². The highest BCUT2D eigenvalue weighted by molar-refractivity contribution is 9.10. The summed E-state index contributed by atoms with van der Waals surface area (Å²) in [6, 6.07) is 0. The van der Waals surface area contributed by atoms with Crippen molar-refractivity contribution < 1.29 is 9.53 Å². The van der Waals surface area contributed by atoms with Gasteiger partial charge in [-0.1, -0.05) is 0 Å². The number of nitrogens with zero attached hydrogens (tertiary/aromatic N) is 3. The van der Waals surface area contributed by atoms with Gasteiger partial charge in [-0.05, 0) is 42.1 Å². The molecule has 2 heterocycles. The number of rotatable bonds is 2. The van der Waals surface area contributed by atoms with Crippen LogP contribution in [0.4, 0.5) is 5.82 Å². The number of hydrogen-bond donors (Lipinski definition) is 1. The highest BCUT2D eigenvalue weighted by Gasteiger charge is 2.44. The van der Waals surface area contributed by atoms with Crippen molar-refractivity contribution in [2.24, 2.45) is 5.41 Å². The molecule has 0 aromatic carbocycles. The van der Waals surface area contributed by atoms with Crippen LogP contribution in [0.3, 0.4) is 0 Å². The van der Waals surface area contributed by atoms with Crippen LogP contribution in [0.5, 0.6) is 0 Å². The number of nitrogen functional groups attached to an aromatic ring is 1. The molecule has 0 saturated heterocycles. The fourth-order valence-corrected chi connectivity index (χ4v) is 3.80. The number of halogens is 1. The summed E-state index contributed by atoms with van der Waals surface area (Å²) in [7, 11) is 1.44. The minimum atomic E-state index is -0.434. The number of fused-ring (bicyclic) bond motifs is 1. The molecule has 0 spiro atoms. The van der Waals surface area contributed by atoms with Crippen LogP contribution in [0.25, 0.3) is 5.52 Å². The molecule has 0 bridgehead atoms. The fraction of sp³-hybridized carbons (Fsp3) is 0.500. The van der Waals surface area contributed by atoms with E-state index in [4.69, 9.17) is 10.5 Å². The predicted molar refractivity (Wildman–Crippen MR) is 81.8 cm³/mol. The Bertz CT molecular complexity index is 714. The van der Waals surface area contributed by atoms with Gasteiger partial charge >= 0.3 is 5.97 Å². The normalized spacial score (nSPS) is 25.4. The molecule has 2 aromatic rings. The lowest BCUT2D eigenvalue weighted by atomic mass is 9.88. The largest absolute Gasteiger partial charge is 0.469 e. The van der Waals surface area contributed by atoms with Gasteiger partial charge in [0.1, 0.15) is 15.9 Å². The highest BCUT2D eigenvalue weighted by Crippen LogP contribution is 2.47. The minimum Gasteiger partial charge on any atom is -0.469 e. The van der Waals surface area contributed by atoms with Crippen molar-refractivity contribution >= 4 is 33.2 Å². The number of carbonyl (C=O) groups is 1. The molecule has 1 saturated carbocycles. The standard InChI is InChI=1S/C14H17BrN4O2/c1-14(13(20)21-2)4-3-8(7-14)12-18-10(15)9-11(16)17-5-6-19(9)12/h5-6,8H,3-4,7H2,1-2H3,(H2,16,17)/t8?,14-/m1/s1. The number of carbonyl (C=O) groups excluding carboxylic acids is 1. The molecule has 0 radical (unpaired) electrons. The maximum absolute atomic E-state index is 11.9. The van der Waals surface area contributed by atoms with Crippen molar-refractivity contribution in [3.05, 3.63) is 22.8 Å². The highest BCUT2D eigenvalue weighted by atomic mass is 79.9. The van der Waals surface area contributed by atoms with Crippen LogP contribution in [-0.2, 0) is 9.53 Å². The number of nitrogens with two attached hydrogens (primary N) is 1. The molecule has 2 atom stereocenters. The molecular weight excluding hydrogens is 336 g/mol. The van der Waals surface area contributed by atoms with Crippen molar-refractivity contribution in [2.45, 2.75) is 32.1 Å². The van der Waals surface area contributed by atoms with Gasteiger partial charge in [0.15, 0.2) is 5.82 Å². The first-order valence-corrected chi connectivity index (χ1v) is 7.62. The van der Waals surface area contributed by atoms with E-state index in [0.29, 0.717) is 10.4 Å². The van der Waals surface area contributed by atoms with Crippen LogP contribution in [-0.4, -0.2) is 27.4 Å². The third-order valence-corrected chi connectivity index (χ3v) is 4.91. The number of imidazole rings is 1. The van der Waals surface area contributed by atoms with Crippen molar-refractivity contribution in [3.63, 3.8) is 0 Å². The summed E-state index contributed by atoms with van der Waals surface area (Å²) in [4.78, 5) is 20.6. The van der Waals surface area contributed by atoms with E-state index in [1.807, 2.05) is 17.5 Å². The van der Waals surface area contributed by atoms with E-state index in [-0.39, 0.29) is 11.9 Å². The van der Waals surface area contributed by atoms with Crippen molar-refractivity contribution in [2.75, 3.05) is 12.8 Å². The fourth-order valence-electron chi connectivity index (χ4n) is 3.22. The van der Waals surface area contributed by atoms with Crippen molar-refractivity contribution in [1.82, 2.24) is 14.4 Å². The summed E-state index contributed by atoms with van der Waals surface area (Å²) >= 11 is 3.44. The van der Waals surface area contributed by atoms with E-state index in [0.717, 1.165) is 30.6 Å². The molecule has 1 aliphatic carbocycles. The van der Waals surface area contributed by atoms with Crippen LogP contribution < -0.4 is 5.73 Å². The number of aromatic nitrogens is 3. The zero-order valence-corrected chi connectivity index (χ0v) is 13.6. The second-order valence-electron chi connectivity index (χ2n) is 5.78. The molecule has 2 N–H and O–H groups in total. The Labute approximate surface area is 130 Å². The number of esters is 1. The first-order chi connectivity index (χ1) is 9.96. The Morgan fingerprint density at radius 3 is 3.10 bits per heavy atom. The van der Waals surface area contributed by atoms with Gasteiger partial charge in [-0.15, -0.1) is 0 Å². The molecule has 2 aromatic heterocycles. The summed E-state index contributed by atoms with van der Waals surface area (Å²) < 4.78 is 7.58. The van der Waals surface area contributed by atoms with E-state index >= 15 is 0 Å². The zero-order valence-electron chi connectivity index (χ0n) is 12.0. The lowest BCUT2D eigenvalue weighted by Crippen LogP contribution is -2.26. The van der Waals surface area contributed by atoms with Gasteiger partial charge < -0.3 is 10.5 Å². The monoisotopic (exact) mass is 352 g/mol. The third-order valence-electron chi connectivity index (χ3n) is 4.35. The van der Waals surface area contributed by atoms with Gasteiger partial charge in [-0.2, -0.15) is 0 Å². The molecule has 6 nitrogen and oxygen atoms in total. The van der Waals surface area contributed by atoms with Crippen LogP contribution in [0.1, 0.15) is 37.9 Å². The zero-order chi connectivity index (χ0) is 15.2. The summed E-state index contributed by atoms with van der Waals surface area (Å²) in [5, 5.41) is 0. The maximum Gasteiger partial charge on any atom is 0.311 e. The average molecular weight is 353 g/mol. The summed E-state index contributed by atoms with van der Waals surface area (Å²) in [6.07, 6.45) is 5.95. The Morgan fingerprint density at radius 2 is 2.38 bits per heavy atom. The molecule has 7 heteroatoms. The SMILES string of the molecule is COC(=O)[C@]1(C)CCC(c2nc(Br)c3c(N)nccn23)C1. The average Bonchev–Trinajstić information content (AvgIpc) is 3.01. The van der Waals surface area contributed by atoms with Crippen LogP contribution in [0.2, 0.25) is 0 Å². The number of ether oxygens (including phenoxy) is 1. The van der Waals surface area contributed by atoms with Crippen molar-refractivity contribution in [1.29, 1.82) is 0 Å². The van der Waals surface area contributed by atoms with E-state index in [1.54, 1.807) is 6.20 Å². The summed E-state index contributed by atoms with van der Waals surface area (Å²) in [5.41, 5.74) is 6.26. The first kappa shape index (κ1) is 14.3. The van der Waals surface area contributed by atoms with Gasteiger partial charge in [0.05, 0.1) is 12.5 Å². The lowest BCUT2D eigenvalue weighted by Gasteiger charge is -2.20. The molecule has 0 amide bonds. The number of methoxy groups -OCH3 is 1. The molecule has 0 aliphatic heterocycles. The van der Waals surface area contributed by atoms with E-state index in [9.17, 15) is 4.79 Å². The Balaban J connectivity index is 2.00. The van der Waals surface area contributed by atoms with Gasteiger partial charge in [0.25, 0.3) is 0 Å². The smallest absolute Gasteiger partial charge is 0.311 e. The molecule has 3 rings (SSSR count). The van der Waals surface area contributed by atoms with Gasteiger partial charge in [-0.25, -0.2) is 9.97 Å². The topological polar surface area (TPSA) is 82.5 Å². The second-order valence-corrected chi connectivity index (χ2v) is 6.54. The van der Waals surface area contributed by atoms with Gasteiger partial charge in [0, 0.05) is 18.3 Å². The Morgan fingerprint density at radius 1 is 1.62 bits per heavy atom.